The van der Waals surface area contributed by atoms with Gasteiger partial charge in [-0.15, -0.1) is 23.7 Å². The number of thiophene rings is 1. The summed E-state index contributed by atoms with van der Waals surface area (Å²) in [5.41, 5.74) is 1.33. The van der Waals surface area contributed by atoms with Crippen LogP contribution >= 0.6 is 35.3 Å². The fraction of sp³-hybridized carbons (Fsp3) is 0.300. The molecule has 154 valence electrons. The summed E-state index contributed by atoms with van der Waals surface area (Å²) in [4.78, 5) is 13.4. The van der Waals surface area contributed by atoms with Crippen LogP contribution in [-0.2, 0) is 11.4 Å². The second-order valence-corrected chi connectivity index (χ2v) is 8.30. The van der Waals surface area contributed by atoms with Crippen LogP contribution in [0.3, 0.4) is 0 Å². The molecule has 0 radical (unpaired) electrons. The van der Waals surface area contributed by atoms with Gasteiger partial charge in [0.1, 0.15) is 18.1 Å². The molecule has 1 aliphatic rings. The molecule has 9 heteroatoms. The van der Waals surface area contributed by atoms with Crippen LogP contribution in [0.2, 0.25) is 4.34 Å². The van der Waals surface area contributed by atoms with Gasteiger partial charge in [-0.05, 0) is 50.2 Å². The number of hydrogen-bond acceptors (Lipinski definition) is 6. The van der Waals surface area contributed by atoms with E-state index in [4.69, 9.17) is 20.9 Å². The zero-order chi connectivity index (χ0) is 19.3. The minimum atomic E-state index is 0. The van der Waals surface area contributed by atoms with Crippen molar-refractivity contribution < 1.29 is 14.1 Å². The smallest absolute Gasteiger partial charge is 0.227 e. The molecule has 2 aromatic heterocycles. The summed E-state index contributed by atoms with van der Waals surface area (Å²) in [6, 6.07) is 13.0. The van der Waals surface area contributed by atoms with Gasteiger partial charge in [0.25, 0.3) is 0 Å². The van der Waals surface area contributed by atoms with Gasteiger partial charge >= 0.3 is 0 Å². The van der Waals surface area contributed by atoms with Crippen LogP contribution in [0.15, 0.2) is 47.0 Å². The fourth-order valence-electron chi connectivity index (χ4n) is 3.11. The predicted octanol–water partition coefficient (Wildman–Crippen LogP) is 5.00. The SMILES string of the molecule is Cl.O=C(Nc1ccccc1OCc1cc(-c2ccc(Cl)s2)on1)C1CCNCC1. The molecule has 0 saturated carbocycles. The molecule has 1 aromatic carbocycles. The molecular formula is C20H21Cl2N3O3S. The van der Waals surface area contributed by atoms with E-state index in [0.29, 0.717) is 27.2 Å². The number of nitrogens with one attached hydrogen (secondary N) is 2. The molecule has 1 amide bonds. The van der Waals surface area contributed by atoms with E-state index in [1.54, 1.807) is 0 Å². The zero-order valence-corrected chi connectivity index (χ0v) is 17.9. The van der Waals surface area contributed by atoms with Crippen LogP contribution in [-0.4, -0.2) is 24.2 Å². The van der Waals surface area contributed by atoms with E-state index in [2.05, 4.69) is 15.8 Å². The number of aromatic nitrogens is 1. The molecule has 6 nitrogen and oxygen atoms in total. The maximum atomic E-state index is 12.5. The molecule has 2 N–H and O–H groups in total. The first-order chi connectivity index (χ1) is 13.7. The normalized spacial score (nSPS) is 14.2. The fourth-order valence-corrected chi connectivity index (χ4v) is 4.10. The van der Waals surface area contributed by atoms with Gasteiger partial charge in [0.2, 0.25) is 5.91 Å². The van der Waals surface area contributed by atoms with Gasteiger partial charge in [-0.25, -0.2) is 0 Å². The summed E-state index contributed by atoms with van der Waals surface area (Å²) in [7, 11) is 0. The minimum absolute atomic E-state index is 0. The van der Waals surface area contributed by atoms with E-state index >= 15 is 0 Å². The van der Waals surface area contributed by atoms with Gasteiger partial charge in [0.05, 0.1) is 14.9 Å². The molecule has 0 bridgehead atoms. The highest BCUT2D eigenvalue weighted by Crippen LogP contribution is 2.32. The molecule has 1 saturated heterocycles. The summed E-state index contributed by atoms with van der Waals surface area (Å²) in [6.45, 7) is 1.99. The number of nitrogens with zero attached hydrogens (tertiary/aromatic N) is 1. The molecule has 0 unspecified atom stereocenters. The van der Waals surface area contributed by atoms with Gasteiger partial charge in [-0.3, -0.25) is 4.79 Å². The Hall–Kier alpha value is -2.06. The van der Waals surface area contributed by atoms with Gasteiger partial charge in [0, 0.05) is 12.0 Å². The van der Waals surface area contributed by atoms with Crippen molar-refractivity contribution in [3.05, 3.63) is 52.5 Å². The predicted molar refractivity (Wildman–Crippen MR) is 117 cm³/mol. The van der Waals surface area contributed by atoms with Gasteiger partial charge in [0.15, 0.2) is 5.76 Å². The second kappa shape index (κ2) is 10.1. The van der Waals surface area contributed by atoms with Crippen LogP contribution in [0.1, 0.15) is 18.5 Å². The monoisotopic (exact) mass is 453 g/mol. The number of para-hydroxylation sites is 2. The lowest BCUT2D eigenvalue weighted by Gasteiger charge is -2.22. The standard InChI is InChI=1S/C20H20ClN3O3S.ClH/c21-19-6-5-18(28-19)17-11-14(24-27-17)12-26-16-4-2-1-3-15(16)23-20(25)13-7-9-22-10-8-13;/h1-6,11,13,22H,7-10,12H2,(H,23,25);1H. The maximum absolute atomic E-state index is 12.5. The van der Waals surface area contributed by atoms with E-state index in [0.717, 1.165) is 30.8 Å². The number of rotatable bonds is 6. The Balaban J connectivity index is 0.00000240. The van der Waals surface area contributed by atoms with Crippen molar-refractivity contribution in [3.63, 3.8) is 0 Å². The quantitative estimate of drug-likeness (QED) is 0.549. The van der Waals surface area contributed by atoms with Crippen molar-refractivity contribution in [2.75, 3.05) is 18.4 Å². The van der Waals surface area contributed by atoms with Crippen LogP contribution in [0.4, 0.5) is 5.69 Å². The molecular weight excluding hydrogens is 433 g/mol. The Kier molecular flexibility index (Phi) is 7.55. The first kappa shape index (κ1) is 21.6. The maximum Gasteiger partial charge on any atom is 0.227 e. The number of carbonyl (C=O) groups excluding carboxylic acids is 1. The molecule has 0 aliphatic carbocycles. The van der Waals surface area contributed by atoms with E-state index < -0.39 is 0 Å². The van der Waals surface area contributed by atoms with E-state index in [1.807, 2.05) is 42.5 Å². The molecule has 1 aliphatic heterocycles. The largest absolute Gasteiger partial charge is 0.485 e. The third-order valence-electron chi connectivity index (χ3n) is 4.61. The number of hydrogen-bond donors (Lipinski definition) is 2. The van der Waals surface area contributed by atoms with Crippen molar-refractivity contribution in [2.45, 2.75) is 19.4 Å². The average molecular weight is 454 g/mol. The van der Waals surface area contributed by atoms with Crippen molar-refractivity contribution in [3.8, 4) is 16.4 Å². The van der Waals surface area contributed by atoms with Crippen LogP contribution < -0.4 is 15.4 Å². The number of ether oxygens (including phenoxy) is 1. The number of amides is 1. The zero-order valence-electron chi connectivity index (χ0n) is 15.5. The molecule has 3 heterocycles. The van der Waals surface area contributed by atoms with Crippen molar-refractivity contribution in [1.82, 2.24) is 10.5 Å². The molecule has 4 rings (SSSR count). The number of anilines is 1. The van der Waals surface area contributed by atoms with Crippen molar-refractivity contribution in [1.29, 1.82) is 0 Å². The number of carbonyl (C=O) groups is 1. The summed E-state index contributed by atoms with van der Waals surface area (Å²) in [6.07, 6.45) is 1.70. The first-order valence-corrected chi connectivity index (χ1v) is 10.3. The van der Waals surface area contributed by atoms with E-state index in [-0.39, 0.29) is 30.8 Å². The number of halogens is 2. The Labute approximate surface area is 184 Å². The first-order valence-electron chi connectivity index (χ1n) is 9.14. The van der Waals surface area contributed by atoms with E-state index in [1.165, 1.54) is 11.3 Å². The topological polar surface area (TPSA) is 76.4 Å². The summed E-state index contributed by atoms with van der Waals surface area (Å²) < 4.78 is 12.0. The lowest BCUT2D eigenvalue weighted by molar-refractivity contribution is -0.120. The summed E-state index contributed by atoms with van der Waals surface area (Å²) in [5, 5.41) is 10.3. The highest BCUT2D eigenvalue weighted by Gasteiger charge is 2.21. The lowest BCUT2D eigenvalue weighted by Crippen LogP contribution is -2.34. The third-order valence-corrected chi connectivity index (χ3v) is 5.85. The van der Waals surface area contributed by atoms with Gasteiger partial charge in [-0.1, -0.05) is 28.9 Å². The Morgan fingerprint density at radius 3 is 2.83 bits per heavy atom. The molecule has 29 heavy (non-hydrogen) atoms. The van der Waals surface area contributed by atoms with Crippen LogP contribution in [0.25, 0.3) is 10.6 Å². The van der Waals surface area contributed by atoms with Crippen LogP contribution in [0, 0.1) is 5.92 Å². The molecule has 0 atom stereocenters. The number of benzene rings is 1. The lowest BCUT2D eigenvalue weighted by atomic mass is 9.97. The molecule has 1 fully saturated rings. The second-order valence-electron chi connectivity index (χ2n) is 6.58. The summed E-state index contributed by atoms with van der Waals surface area (Å²) in [5.74, 6) is 1.33. The average Bonchev–Trinajstić information content (AvgIpc) is 3.37. The van der Waals surface area contributed by atoms with Gasteiger partial charge < -0.3 is 19.9 Å². The molecule has 0 spiro atoms. The van der Waals surface area contributed by atoms with Crippen molar-refractivity contribution >= 4 is 46.9 Å². The van der Waals surface area contributed by atoms with Gasteiger partial charge in [-0.2, -0.15) is 0 Å². The van der Waals surface area contributed by atoms with E-state index in [9.17, 15) is 4.79 Å². The Morgan fingerprint density at radius 1 is 1.28 bits per heavy atom. The Bertz CT molecular complexity index is 954. The molecule has 3 aromatic rings. The highest BCUT2D eigenvalue weighted by molar-refractivity contribution is 7.19. The summed E-state index contributed by atoms with van der Waals surface area (Å²) >= 11 is 7.40. The Morgan fingerprint density at radius 2 is 2.07 bits per heavy atom. The van der Waals surface area contributed by atoms with Crippen molar-refractivity contribution in [2.24, 2.45) is 5.92 Å². The highest BCUT2D eigenvalue weighted by atomic mass is 35.5. The third kappa shape index (κ3) is 5.51. The number of piperidine rings is 1. The minimum Gasteiger partial charge on any atom is -0.485 e. The van der Waals surface area contributed by atoms with Crippen LogP contribution in [0.5, 0.6) is 5.75 Å².